The second kappa shape index (κ2) is 5.36. The maximum atomic E-state index is 12.0. The Balaban J connectivity index is 2.11. The Kier molecular flexibility index (Phi) is 3.84. The second-order valence-electron chi connectivity index (χ2n) is 4.25. The molecule has 0 bridgehead atoms. The van der Waals surface area contributed by atoms with Gasteiger partial charge in [-0.1, -0.05) is 24.4 Å². The van der Waals surface area contributed by atoms with Crippen molar-refractivity contribution in [3.63, 3.8) is 0 Å². The van der Waals surface area contributed by atoms with Crippen molar-refractivity contribution in [2.24, 2.45) is 0 Å². The minimum Gasteiger partial charge on any atom is -0.373 e. The second-order valence-corrected chi connectivity index (χ2v) is 4.66. The SMILES string of the molecule is CNc1cc(C(=O)NC2CCCC2)c(Cl)cn1. The van der Waals surface area contributed by atoms with E-state index >= 15 is 0 Å². The molecule has 0 aliphatic heterocycles. The molecule has 0 atom stereocenters. The summed E-state index contributed by atoms with van der Waals surface area (Å²) in [6.45, 7) is 0. The maximum Gasteiger partial charge on any atom is 0.253 e. The third kappa shape index (κ3) is 2.88. The molecular formula is C12H16ClN3O. The zero-order valence-corrected chi connectivity index (χ0v) is 10.5. The highest BCUT2D eigenvalue weighted by atomic mass is 35.5. The van der Waals surface area contributed by atoms with Gasteiger partial charge in [0.2, 0.25) is 0 Å². The van der Waals surface area contributed by atoms with E-state index in [1.165, 1.54) is 19.0 Å². The molecule has 1 aliphatic carbocycles. The Hall–Kier alpha value is -1.29. The lowest BCUT2D eigenvalue weighted by atomic mass is 10.2. The van der Waals surface area contributed by atoms with Crippen molar-refractivity contribution >= 4 is 23.3 Å². The number of aromatic nitrogens is 1. The summed E-state index contributed by atoms with van der Waals surface area (Å²) in [5.41, 5.74) is 0.484. The molecule has 2 rings (SSSR count). The van der Waals surface area contributed by atoms with Gasteiger partial charge in [-0.2, -0.15) is 0 Å². The van der Waals surface area contributed by atoms with E-state index in [0.717, 1.165) is 12.8 Å². The van der Waals surface area contributed by atoms with Gasteiger partial charge in [0, 0.05) is 19.3 Å². The number of hydrogen-bond donors (Lipinski definition) is 2. The lowest BCUT2D eigenvalue weighted by Crippen LogP contribution is -2.32. The number of pyridine rings is 1. The van der Waals surface area contributed by atoms with Crippen LogP contribution in [0.2, 0.25) is 5.02 Å². The van der Waals surface area contributed by atoms with Crippen LogP contribution < -0.4 is 10.6 Å². The fourth-order valence-electron chi connectivity index (χ4n) is 2.08. The molecule has 0 spiro atoms. The summed E-state index contributed by atoms with van der Waals surface area (Å²) >= 11 is 5.98. The zero-order chi connectivity index (χ0) is 12.3. The number of hydrogen-bond acceptors (Lipinski definition) is 3. The number of carbonyl (C=O) groups is 1. The summed E-state index contributed by atoms with van der Waals surface area (Å²) in [5, 5.41) is 6.29. The number of anilines is 1. The van der Waals surface area contributed by atoms with Crippen LogP contribution in [0.4, 0.5) is 5.82 Å². The summed E-state index contributed by atoms with van der Waals surface area (Å²) in [5.74, 6) is 0.534. The first-order chi connectivity index (χ1) is 8.20. The summed E-state index contributed by atoms with van der Waals surface area (Å²) in [6.07, 6.45) is 6.01. The van der Waals surface area contributed by atoms with Gasteiger partial charge in [0.1, 0.15) is 5.82 Å². The molecule has 92 valence electrons. The average molecular weight is 254 g/mol. The van der Waals surface area contributed by atoms with Gasteiger partial charge < -0.3 is 10.6 Å². The minimum absolute atomic E-state index is 0.110. The highest BCUT2D eigenvalue weighted by Crippen LogP contribution is 2.21. The molecule has 1 fully saturated rings. The molecule has 0 unspecified atom stereocenters. The van der Waals surface area contributed by atoms with E-state index in [1.54, 1.807) is 13.1 Å². The molecule has 1 heterocycles. The molecule has 0 aromatic carbocycles. The minimum atomic E-state index is -0.110. The summed E-state index contributed by atoms with van der Waals surface area (Å²) in [7, 11) is 1.76. The smallest absolute Gasteiger partial charge is 0.253 e. The Morgan fingerprint density at radius 1 is 1.47 bits per heavy atom. The molecule has 4 nitrogen and oxygen atoms in total. The first-order valence-corrected chi connectivity index (χ1v) is 6.22. The number of nitrogens with zero attached hydrogens (tertiary/aromatic N) is 1. The molecule has 5 heteroatoms. The van der Waals surface area contributed by atoms with Crippen LogP contribution in [0.3, 0.4) is 0 Å². The van der Waals surface area contributed by atoms with Gasteiger partial charge in [-0.3, -0.25) is 4.79 Å². The Bertz CT molecular complexity index is 416. The molecule has 0 saturated heterocycles. The average Bonchev–Trinajstić information content (AvgIpc) is 2.82. The van der Waals surface area contributed by atoms with Gasteiger partial charge in [-0.25, -0.2) is 4.98 Å². The lowest BCUT2D eigenvalue weighted by molar-refractivity contribution is 0.0938. The van der Waals surface area contributed by atoms with Crippen LogP contribution >= 0.6 is 11.6 Å². The van der Waals surface area contributed by atoms with Crippen molar-refractivity contribution < 1.29 is 4.79 Å². The largest absolute Gasteiger partial charge is 0.373 e. The first kappa shape index (κ1) is 12.2. The molecule has 1 aliphatic rings. The van der Waals surface area contributed by atoms with Crippen molar-refractivity contribution in [2.45, 2.75) is 31.7 Å². The Morgan fingerprint density at radius 3 is 2.82 bits per heavy atom. The van der Waals surface area contributed by atoms with Crippen LogP contribution in [0.5, 0.6) is 0 Å². The first-order valence-electron chi connectivity index (χ1n) is 5.85. The zero-order valence-electron chi connectivity index (χ0n) is 9.79. The van der Waals surface area contributed by atoms with Gasteiger partial charge in [0.15, 0.2) is 0 Å². The molecule has 1 aromatic rings. The highest BCUT2D eigenvalue weighted by Gasteiger charge is 2.19. The normalized spacial score (nSPS) is 15.9. The number of carbonyl (C=O) groups excluding carboxylic acids is 1. The topological polar surface area (TPSA) is 54.0 Å². The van der Waals surface area contributed by atoms with E-state index in [-0.39, 0.29) is 5.91 Å². The predicted molar refractivity (Wildman–Crippen MR) is 68.5 cm³/mol. The van der Waals surface area contributed by atoms with Crippen LogP contribution in [0.15, 0.2) is 12.3 Å². The molecular weight excluding hydrogens is 238 g/mol. The third-order valence-electron chi connectivity index (χ3n) is 3.05. The van der Waals surface area contributed by atoms with Crippen LogP contribution in [0.1, 0.15) is 36.0 Å². The van der Waals surface area contributed by atoms with Crippen molar-refractivity contribution in [3.05, 3.63) is 22.8 Å². The monoisotopic (exact) mass is 253 g/mol. The number of halogens is 1. The number of amides is 1. The van der Waals surface area contributed by atoms with Crippen molar-refractivity contribution in [1.82, 2.24) is 10.3 Å². The maximum absolute atomic E-state index is 12.0. The lowest BCUT2D eigenvalue weighted by Gasteiger charge is -2.13. The third-order valence-corrected chi connectivity index (χ3v) is 3.35. The van der Waals surface area contributed by atoms with Gasteiger partial charge in [0.05, 0.1) is 10.6 Å². The number of nitrogens with one attached hydrogen (secondary N) is 2. The number of rotatable bonds is 3. The molecule has 1 amide bonds. The molecule has 0 radical (unpaired) electrons. The van der Waals surface area contributed by atoms with Crippen molar-refractivity contribution in [1.29, 1.82) is 0 Å². The van der Waals surface area contributed by atoms with Crippen LogP contribution in [0.25, 0.3) is 0 Å². The van der Waals surface area contributed by atoms with Crippen LogP contribution in [0, 0.1) is 0 Å². The van der Waals surface area contributed by atoms with Crippen LogP contribution in [-0.2, 0) is 0 Å². The summed E-state index contributed by atoms with van der Waals surface area (Å²) in [4.78, 5) is 16.1. The standard InChI is InChI=1S/C12H16ClN3O/c1-14-11-6-9(10(13)7-15-11)12(17)16-8-4-2-3-5-8/h6-8H,2-5H2,1H3,(H,14,15)(H,16,17). The molecule has 17 heavy (non-hydrogen) atoms. The van der Waals surface area contributed by atoms with E-state index in [2.05, 4.69) is 15.6 Å². The molecule has 1 saturated carbocycles. The van der Waals surface area contributed by atoms with E-state index in [9.17, 15) is 4.79 Å². The highest BCUT2D eigenvalue weighted by molar-refractivity contribution is 6.33. The Labute approximate surface area is 106 Å². The summed E-state index contributed by atoms with van der Waals surface area (Å²) in [6, 6.07) is 1.97. The van der Waals surface area contributed by atoms with E-state index in [0.29, 0.717) is 22.4 Å². The predicted octanol–water partition coefficient (Wildman–Crippen LogP) is 2.45. The van der Waals surface area contributed by atoms with Gasteiger partial charge >= 0.3 is 0 Å². The Morgan fingerprint density at radius 2 is 2.18 bits per heavy atom. The molecule has 2 N–H and O–H groups in total. The summed E-state index contributed by atoms with van der Waals surface area (Å²) < 4.78 is 0. The van der Waals surface area contributed by atoms with E-state index in [1.807, 2.05) is 0 Å². The fraction of sp³-hybridized carbons (Fsp3) is 0.500. The van der Waals surface area contributed by atoms with Crippen molar-refractivity contribution in [3.8, 4) is 0 Å². The van der Waals surface area contributed by atoms with Crippen LogP contribution in [-0.4, -0.2) is 24.0 Å². The molecule has 1 aromatic heterocycles. The van der Waals surface area contributed by atoms with Gasteiger partial charge in [-0.15, -0.1) is 0 Å². The van der Waals surface area contributed by atoms with Gasteiger partial charge in [0.25, 0.3) is 5.91 Å². The van der Waals surface area contributed by atoms with Gasteiger partial charge in [-0.05, 0) is 18.9 Å². The quantitative estimate of drug-likeness (QED) is 0.870. The van der Waals surface area contributed by atoms with E-state index in [4.69, 9.17) is 11.6 Å². The fourth-order valence-corrected chi connectivity index (χ4v) is 2.27. The van der Waals surface area contributed by atoms with Crippen molar-refractivity contribution in [2.75, 3.05) is 12.4 Å². The van der Waals surface area contributed by atoms with E-state index < -0.39 is 0 Å².